The van der Waals surface area contributed by atoms with Crippen molar-refractivity contribution in [3.05, 3.63) is 59.3 Å². The van der Waals surface area contributed by atoms with Crippen molar-refractivity contribution >= 4 is 32.5 Å². The molecule has 2 aromatic carbocycles. The molecular formula is C20H23N3O3S. The van der Waals surface area contributed by atoms with Crippen LogP contribution in [0.3, 0.4) is 0 Å². The van der Waals surface area contributed by atoms with Crippen molar-refractivity contribution in [1.82, 2.24) is 4.57 Å². The summed E-state index contributed by atoms with van der Waals surface area (Å²) in [7, 11) is -3.76. The lowest BCUT2D eigenvalue weighted by Gasteiger charge is -2.10. The molecule has 0 fully saturated rings. The Balaban J connectivity index is 1.99. The summed E-state index contributed by atoms with van der Waals surface area (Å²) in [5, 5.41) is 9.03. The van der Waals surface area contributed by atoms with E-state index in [4.69, 9.17) is 5.14 Å². The molecule has 0 spiro atoms. The molecule has 0 unspecified atom stereocenters. The lowest BCUT2D eigenvalue weighted by atomic mass is 10.1. The Hall–Kier alpha value is -2.64. The van der Waals surface area contributed by atoms with Crippen LogP contribution in [0.5, 0.6) is 0 Å². The van der Waals surface area contributed by atoms with Crippen LogP contribution in [0.4, 0.5) is 5.69 Å². The van der Waals surface area contributed by atoms with Gasteiger partial charge in [0.25, 0.3) is 5.91 Å². The van der Waals surface area contributed by atoms with Crippen LogP contribution in [-0.4, -0.2) is 18.9 Å². The summed E-state index contributed by atoms with van der Waals surface area (Å²) in [5.41, 5.74) is 4.30. The summed E-state index contributed by atoms with van der Waals surface area (Å²) >= 11 is 0. The van der Waals surface area contributed by atoms with E-state index in [1.807, 2.05) is 18.4 Å². The quantitative estimate of drug-likeness (QED) is 0.704. The summed E-state index contributed by atoms with van der Waals surface area (Å²) < 4.78 is 24.7. The second kappa shape index (κ2) is 7.17. The minimum atomic E-state index is -3.76. The van der Waals surface area contributed by atoms with Gasteiger partial charge in [-0.25, -0.2) is 13.6 Å². The molecule has 6 nitrogen and oxygen atoms in total. The number of nitrogens with zero attached hydrogens (tertiary/aromatic N) is 1. The fourth-order valence-electron chi connectivity index (χ4n) is 3.33. The summed E-state index contributed by atoms with van der Waals surface area (Å²) in [6, 6.07) is 12.1. The number of primary sulfonamides is 1. The maximum absolute atomic E-state index is 12.9. The van der Waals surface area contributed by atoms with Crippen LogP contribution in [0, 0.1) is 6.92 Å². The van der Waals surface area contributed by atoms with E-state index in [1.165, 1.54) is 29.8 Å². The van der Waals surface area contributed by atoms with Crippen LogP contribution in [0.2, 0.25) is 0 Å². The second-order valence-corrected chi connectivity index (χ2v) is 8.01. The van der Waals surface area contributed by atoms with Gasteiger partial charge in [0.2, 0.25) is 10.0 Å². The molecule has 1 amide bonds. The zero-order valence-corrected chi connectivity index (χ0v) is 16.4. The van der Waals surface area contributed by atoms with Crippen molar-refractivity contribution in [2.45, 2.75) is 38.6 Å². The molecule has 3 aromatic rings. The zero-order valence-electron chi connectivity index (χ0n) is 15.6. The maximum atomic E-state index is 12.9. The topological polar surface area (TPSA) is 94.2 Å². The Kier molecular flexibility index (Phi) is 5.08. The van der Waals surface area contributed by atoms with Gasteiger partial charge in [0.15, 0.2) is 0 Å². The third-order valence-corrected chi connectivity index (χ3v) is 5.69. The van der Waals surface area contributed by atoms with E-state index in [9.17, 15) is 13.2 Å². The van der Waals surface area contributed by atoms with E-state index in [0.29, 0.717) is 17.9 Å². The third-order valence-electron chi connectivity index (χ3n) is 4.76. The summed E-state index contributed by atoms with van der Waals surface area (Å²) in [5.74, 6) is -0.230. The number of aryl methyl sites for hydroxylation is 3. The fourth-order valence-corrected chi connectivity index (χ4v) is 3.84. The first kappa shape index (κ1) is 19.1. The zero-order chi connectivity index (χ0) is 19.8. The van der Waals surface area contributed by atoms with Crippen LogP contribution >= 0.6 is 0 Å². The lowest BCUT2D eigenvalue weighted by Crippen LogP contribution is -2.18. The normalized spacial score (nSPS) is 11.7. The Morgan fingerprint density at radius 2 is 1.78 bits per heavy atom. The minimum absolute atomic E-state index is 0.00597. The summed E-state index contributed by atoms with van der Waals surface area (Å²) in [6.07, 6.45) is 0.935. The molecule has 7 heteroatoms. The van der Waals surface area contributed by atoms with E-state index in [1.54, 1.807) is 0 Å². The molecule has 1 heterocycles. The number of aromatic nitrogens is 1. The molecule has 0 aliphatic carbocycles. The Bertz CT molecular complexity index is 1110. The largest absolute Gasteiger partial charge is 0.337 e. The second-order valence-electron chi connectivity index (χ2n) is 6.45. The SMILES string of the molecule is CCc1ccc2c(c1)c(C)c(C(=O)Nc1ccc(S(N)(=O)=O)cc1)n2CC. The van der Waals surface area contributed by atoms with E-state index >= 15 is 0 Å². The molecule has 0 saturated heterocycles. The number of fused-ring (bicyclic) bond motifs is 1. The summed E-state index contributed by atoms with van der Waals surface area (Å²) in [4.78, 5) is 13.0. The van der Waals surface area contributed by atoms with Crippen LogP contribution in [0.15, 0.2) is 47.4 Å². The first-order chi connectivity index (χ1) is 12.8. The number of hydrogen-bond acceptors (Lipinski definition) is 3. The summed E-state index contributed by atoms with van der Waals surface area (Å²) in [6.45, 7) is 6.73. The number of amides is 1. The van der Waals surface area contributed by atoms with Gasteiger partial charge in [-0.2, -0.15) is 0 Å². The fraction of sp³-hybridized carbons (Fsp3) is 0.250. The van der Waals surface area contributed by atoms with E-state index in [2.05, 4.69) is 30.4 Å². The highest BCUT2D eigenvalue weighted by Crippen LogP contribution is 2.28. The molecule has 0 radical (unpaired) electrons. The Morgan fingerprint density at radius 1 is 1.11 bits per heavy atom. The maximum Gasteiger partial charge on any atom is 0.272 e. The van der Waals surface area contributed by atoms with Crippen molar-refractivity contribution in [3.8, 4) is 0 Å². The van der Waals surface area contributed by atoms with Crippen molar-refractivity contribution in [2.75, 3.05) is 5.32 Å². The molecular weight excluding hydrogens is 362 g/mol. The van der Waals surface area contributed by atoms with Gasteiger partial charge in [-0.1, -0.05) is 13.0 Å². The molecule has 142 valence electrons. The Morgan fingerprint density at radius 3 is 2.33 bits per heavy atom. The predicted octanol–water partition coefficient (Wildman–Crippen LogP) is 3.43. The first-order valence-corrected chi connectivity index (χ1v) is 10.4. The number of hydrogen-bond donors (Lipinski definition) is 2. The van der Waals surface area contributed by atoms with E-state index in [-0.39, 0.29) is 10.8 Å². The van der Waals surface area contributed by atoms with Gasteiger partial charge < -0.3 is 9.88 Å². The smallest absolute Gasteiger partial charge is 0.272 e. The van der Waals surface area contributed by atoms with Gasteiger partial charge in [0, 0.05) is 23.1 Å². The monoisotopic (exact) mass is 385 g/mol. The number of nitrogens with two attached hydrogens (primary N) is 1. The molecule has 1 aromatic heterocycles. The molecule has 0 atom stereocenters. The first-order valence-electron chi connectivity index (χ1n) is 8.82. The molecule has 3 N–H and O–H groups in total. The van der Waals surface area contributed by atoms with Crippen LogP contribution in [0.1, 0.15) is 35.5 Å². The van der Waals surface area contributed by atoms with E-state index < -0.39 is 10.0 Å². The average Bonchev–Trinajstić information content (AvgIpc) is 2.92. The molecule has 0 bridgehead atoms. The third kappa shape index (κ3) is 3.61. The van der Waals surface area contributed by atoms with Crippen molar-refractivity contribution in [2.24, 2.45) is 5.14 Å². The number of carbonyl (C=O) groups is 1. The van der Waals surface area contributed by atoms with Gasteiger partial charge in [-0.3, -0.25) is 4.79 Å². The minimum Gasteiger partial charge on any atom is -0.337 e. The van der Waals surface area contributed by atoms with Crippen LogP contribution < -0.4 is 10.5 Å². The van der Waals surface area contributed by atoms with Gasteiger partial charge in [0.1, 0.15) is 5.69 Å². The predicted molar refractivity (Wildman–Crippen MR) is 107 cm³/mol. The highest BCUT2D eigenvalue weighted by Gasteiger charge is 2.20. The Labute approximate surface area is 159 Å². The van der Waals surface area contributed by atoms with Gasteiger partial charge in [-0.05, 0) is 67.8 Å². The number of benzene rings is 2. The van der Waals surface area contributed by atoms with Crippen LogP contribution in [0.25, 0.3) is 10.9 Å². The molecule has 0 saturated carbocycles. The van der Waals surface area contributed by atoms with E-state index in [0.717, 1.165) is 22.9 Å². The number of sulfonamides is 1. The lowest BCUT2D eigenvalue weighted by molar-refractivity contribution is 0.101. The van der Waals surface area contributed by atoms with Crippen molar-refractivity contribution in [3.63, 3.8) is 0 Å². The van der Waals surface area contributed by atoms with Crippen LogP contribution in [-0.2, 0) is 23.0 Å². The van der Waals surface area contributed by atoms with Gasteiger partial charge >= 0.3 is 0 Å². The van der Waals surface area contributed by atoms with Crippen molar-refractivity contribution in [1.29, 1.82) is 0 Å². The standard InChI is InChI=1S/C20H23N3O3S/c1-4-14-6-11-18-17(12-14)13(3)19(23(18)5-2)20(24)22-15-7-9-16(10-8-15)27(21,25)26/h6-12H,4-5H2,1-3H3,(H,22,24)(H2,21,25,26). The number of nitrogens with one attached hydrogen (secondary N) is 1. The number of anilines is 1. The van der Waals surface area contributed by atoms with Gasteiger partial charge in [-0.15, -0.1) is 0 Å². The highest BCUT2D eigenvalue weighted by molar-refractivity contribution is 7.89. The number of carbonyl (C=O) groups excluding carboxylic acids is 1. The molecule has 0 aliphatic rings. The highest BCUT2D eigenvalue weighted by atomic mass is 32.2. The van der Waals surface area contributed by atoms with Crippen molar-refractivity contribution < 1.29 is 13.2 Å². The average molecular weight is 385 g/mol. The molecule has 27 heavy (non-hydrogen) atoms. The number of rotatable bonds is 5. The molecule has 0 aliphatic heterocycles. The van der Waals surface area contributed by atoms with Gasteiger partial charge in [0.05, 0.1) is 4.90 Å². The molecule has 3 rings (SSSR count).